The van der Waals surface area contributed by atoms with Crippen LogP contribution in [0.25, 0.3) is 28.0 Å². The topological polar surface area (TPSA) is 358 Å². The monoisotopic (exact) mass is 963 g/mol. The first kappa shape index (κ1) is 53.0. The van der Waals surface area contributed by atoms with Gasteiger partial charge in [-0.3, -0.25) is 20.3 Å². The fraction of sp³-hybridized carbons (Fsp3) is 0. The number of azo groups is 2. The Morgan fingerprint density at radius 1 is 0.631 bits per heavy atom. The minimum absolute atomic E-state index is 0. The molecule has 0 bridgehead atoms. The zero-order valence-electron chi connectivity index (χ0n) is 33.9. The predicted molar refractivity (Wildman–Crippen MR) is 222 cm³/mol. The first-order chi connectivity index (χ1) is 29.2. The van der Waals surface area contributed by atoms with Crippen molar-refractivity contribution in [2.24, 2.45) is 25.6 Å². The number of rotatable bonds is 11. The van der Waals surface area contributed by atoms with Gasteiger partial charge >= 0.3 is 88.7 Å². The van der Waals surface area contributed by atoms with Crippen molar-refractivity contribution in [3.8, 4) is 11.1 Å². The van der Waals surface area contributed by atoms with Gasteiger partial charge in [-0.05, 0) is 83.4 Å². The molecule has 0 saturated heterocycles. The minimum Gasteiger partial charge on any atom is -0.744 e. The van der Waals surface area contributed by atoms with Crippen molar-refractivity contribution >= 4 is 104 Å². The van der Waals surface area contributed by atoms with E-state index in [4.69, 9.17) is 11.5 Å². The van der Waals surface area contributed by atoms with Crippen molar-refractivity contribution in [1.29, 1.82) is 0 Å². The van der Waals surface area contributed by atoms with E-state index in [-0.39, 0.29) is 106 Å². The summed E-state index contributed by atoms with van der Waals surface area (Å²) in [5, 5.41) is 31.7. The van der Waals surface area contributed by atoms with Crippen molar-refractivity contribution in [2.75, 3.05) is 16.9 Å². The second kappa shape index (κ2) is 20.9. The quantitative estimate of drug-likeness (QED) is 0.0309. The number of carbonyl (C=O) groups excluding carboxylic acids is 1. The molecule has 0 fully saturated rings. The van der Waals surface area contributed by atoms with Gasteiger partial charge in [-0.25, -0.2) is 25.3 Å². The molecule has 21 nitrogen and oxygen atoms in total. The standard InChI is InChI=1S/C38H27N9O12S3.3Na/c39-30-14-15-31(29-19-27(60(51,52)53)12-13-28(29)30)44-41-23-8-4-20(5-9-23)21-6-10-24(11-7-21)42-46-37-33(62(57,58)59)17-22-16-32(61(54,55)56)36(35(40)34(22)38(37)48)45-43-25-2-1-3-26(18-25)47(49)50;;;/h1-19,42H,39-40H2,(H,51,52,53)(H,54,55,56)(H,57,58,59);;;/q;3*+1/p-3/b44-41?,45-43?,46-37+;;;. The number of nitrogens with zero attached hydrogens (tertiary/aromatic N) is 6. The number of nitrogens with two attached hydrogens (primary N) is 2. The van der Waals surface area contributed by atoms with Crippen LogP contribution in [-0.4, -0.2) is 55.3 Å². The summed E-state index contributed by atoms with van der Waals surface area (Å²) in [5.41, 5.74) is 13.2. The van der Waals surface area contributed by atoms with Gasteiger partial charge in [-0.1, -0.05) is 36.4 Å². The van der Waals surface area contributed by atoms with Gasteiger partial charge in [-0.2, -0.15) is 15.3 Å². The van der Waals surface area contributed by atoms with E-state index in [2.05, 4.69) is 31.0 Å². The number of hydrogen-bond donors (Lipinski definition) is 3. The molecule has 0 radical (unpaired) electrons. The molecule has 0 heterocycles. The Hall–Kier alpha value is -4.61. The Morgan fingerprint density at radius 2 is 1.26 bits per heavy atom. The molecule has 1 aliphatic rings. The van der Waals surface area contributed by atoms with Crippen molar-refractivity contribution in [1.82, 2.24) is 0 Å². The number of nitro benzene ring substituents is 1. The van der Waals surface area contributed by atoms with Crippen LogP contribution >= 0.6 is 0 Å². The summed E-state index contributed by atoms with van der Waals surface area (Å²) < 4.78 is 109. The molecule has 5 N–H and O–H groups in total. The number of carbonyl (C=O) groups is 1. The number of hydrazone groups is 1. The van der Waals surface area contributed by atoms with E-state index < -0.39 is 89.7 Å². The first-order valence-corrected chi connectivity index (χ1v) is 21.5. The van der Waals surface area contributed by atoms with Crippen LogP contribution in [0.4, 0.5) is 45.5 Å². The molecule has 0 saturated carbocycles. The number of allylic oxidation sites excluding steroid dienone is 1. The van der Waals surface area contributed by atoms with Gasteiger partial charge in [-0.15, -0.1) is 10.2 Å². The summed E-state index contributed by atoms with van der Waals surface area (Å²) >= 11 is 0. The van der Waals surface area contributed by atoms with Crippen LogP contribution in [0.3, 0.4) is 0 Å². The number of nitrogens with one attached hydrogen (secondary N) is 1. The summed E-state index contributed by atoms with van der Waals surface area (Å²) in [4.78, 5) is 21.5. The van der Waals surface area contributed by atoms with E-state index in [1.807, 2.05) is 0 Å². The number of Topliss-reactive ketones (excluding diaryl/α,β-unsaturated/α-hetero) is 1. The molecule has 0 atom stereocenters. The number of ketones is 1. The van der Waals surface area contributed by atoms with Gasteiger partial charge in [0.05, 0.1) is 53.6 Å². The molecular formula is C38H24N9Na3O12S3. The van der Waals surface area contributed by atoms with Crippen LogP contribution in [0.15, 0.2) is 149 Å². The molecule has 6 aromatic rings. The number of hydrogen-bond acceptors (Lipinski definition) is 20. The summed E-state index contributed by atoms with van der Waals surface area (Å²) in [6, 6.07) is 25.1. The summed E-state index contributed by atoms with van der Waals surface area (Å²) in [6.45, 7) is 0. The smallest absolute Gasteiger partial charge is 0.744 e. The van der Waals surface area contributed by atoms with E-state index in [9.17, 15) is 53.8 Å². The summed E-state index contributed by atoms with van der Waals surface area (Å²) in [5.74, 6) is -1.26. The average molecular weight is 964 g/mol. The third kappa shape index (κ3) is 11.9. The minimum atomic E-state index is -5.47. The second-order valence-corrected chi connectivity index (χ2v) is 17.1. The Kier molecular flexibility index (Phi) is 17.1. The van der Waals surface area contributed by atoms with E-state index in [0.717, 1.165) is 18.2 Å². The SMILES string of the molecule is Nc1c(N=Nc2cccc([N+](=O)[O-])c2)c(S(=O)(=O)[O-])cc2c1C(=O)/C(=N/Nc1ccc(-c3ccc(N=Nc4ccc(N)c5ccc(S(=O)(=O)[O-])cc45)cc3)cc1)C(S(=O)(=O)[O-])=C2.[Na+].[Na+].[Na+]. The number of non-ortho nitro benzene ring substituents is 1. The zero-order valence-corrected chi connectivity index (χ0v) is 42.4. The first-order valence-electron chi connectivity index (χ1n) is 17.2. The largest absolute Gasteiger partial charge is 1.00 e. The van der Waals surface area contributed by atoms with Crippen LogP contribution in [0.5, 0.6) is 0 Å². The maximum Gasteiger partial charge on any atom is 1.00 e. The Balaban J connectivity index is 0.00000308. The Bertz CT molecular complexity index is 3370. The molecular weight excluding hydrogens is 940 g/mol. The van der Waals surface area contributed by atoms with Gasteiger partial charge in [0.15, 0.2) is 0 Å². The van der Waals surface area contributed by atoms with E-state index in [1.54, 1.807) is 42.5 Å². The van der Waals surface area contributed by atoms with Gasteiger partial charge < -0.3 is 25.1 Å². The second-order valence-electron chi connectivity index (χ2n) is 13.1. The number of fused-ring (bicyclic) bond motifs is 2. The van der Waals surface area contributed by atoms with Crippen LogP contribution in [0.2, 0.25) is 0 Å². The third-order valence-electron chi connectivity index (χ3n) is 9.08. The maximum atomic E-state index is 13.8. The number of benzene rings is 6. The third-order valence-corrected chi connectivity index (χ3v) is 11.6. The molecule has 0 unspecified atom stereocenters. The number of nitro groups is 1. The van der Waals surface area contributed by atoms with E-state index in [0.29, 0.717) is 45.4 Å². The Labute approximate surface area is 435 Å². The molecule has 1 aliphatic carbocycles. The molecule has 0 spiro atoms. The van der Waals surface area contributed by atoms with Crippen LogP contribution in [-0.2, 0) is 30.4 Å². The zero-order chi connectivity index (χ0) is 44.7. The fourth-order valence-electron chi connectivity index (χ4n) is 6.13. The molecule has 7 rings (SSSR count). The van der Waals surface area contributed by atoms with Gasteiger partial charge in [0.25, 0.3) is 5.69 Å². The molecule has 0 amide bonds. The van der Waals surface area contributed by atoms with Crippen LogP contribution in [0, 0.1) is 10.1 Å². The number of anilines is 3. The molecule has 314 valence electrons. The van der Waals surface area contributed by atoms with Gasteiger partial charge in [0.1, 0.15) is 41.8 Å². The number of nitrogen functional groups attached to an aromatic ring is 2. The van der Waals surface area contributed by atoms with Crippen LogP contribution < -0.4 is 106 Å². The van der Waals surface area contributed by atoms with Crippen molar-refractivity contribution in [3.63, 3.8) is 0 Å². The average Bonchev–Trinajstić information content (AvgIpc) is 3.22. The molecule has 65 heavy (non-hydrogen) atoms. The maximum absolute atomic E-state index is 13.8. The molecule has 0 aromatic heterocycles. The van der Waals surface area contributed by atoms with Crippen molar-refractivity contribution < 1.29 is 137 Å². The van der Waals surface area contributed by atoms with E-state index in [1.165, 1.54) is 42.5 Å². The van der Waals surface area contributed by atoms with Crippen LogP contribution in [0.1, 0.15) is 15.9 Å². The van der Waals surface area contributed by atoms with E-state index >= 15 is 0 Å². The molecule has 27 heteroatoms. The summed E-state index contributed by atoms with van der Waals surface area (Å²) in [7, 11) is -15.6. The van der Waals surface area contributed by atoms with Crippen molar-refractivity contribution in [3.05, 3.63) is 135 Å². The van der Waals surface area contributed by atoms with Gasteiger partial charge in [0, 0.05) is 28.6 Å². The normalized spacial score (nSPS) is 13.4. The molecule has 6 aromatic carbocycles. The Morgan fingerprint density at radius 3 is 1.86 bits per heavy atom. The molecule has 0 aliphatic heterocycles. The summed E-state index contributed by atoms with van der Waals surface area (Å²) in [6.07, 6.45) is 0.633. The predicted octanol–water partition coefficient (Wildman–Crippen LogP) is -2.22. The fourth-order valence-corrected chi connectivity index (χ4v) is 7.93. The van der Waals surface area contributed by atoms with Crippen molar-refractivity contribution in [2.45, 2.75) is 9.79 Å². The van der Waals surface area contributed by atoms with Gasteiger partial charge in [0.2, 0.25) is 5.78 Å².